The maximum absolute atomic E-state index is 11.8. The highest BCUT2D eigenvalue weighted by Crippen LogP contribution is 2.18. The van der Waals surface area contributed by atoms with Gasteiger partial charge in [0.15, 0.2) is 6.04 Å². The molecule has 0 aliphatic carbocycles. The highest BCUT2D eigenvalue weighted by Gasteiger charge is 2.18. The molecule has 1 atom stereocenters. The van der Waals surface area contributed by atoms with Crippen molar-refractivity contribution in [3.63, 3.8) is 0 Å². The molecule has 1 aromatic heterocycles. The second-order valence-electron chi connectivity index (χ2n) is 4.55. The Morgan fingerprint density at radius 1 is 1.44 bits per heavy atom. The highest BCUT2D eigenvalue weighted by molar-refractivity contribution is 5.85. The second kappa shape index (κ2) is 5.69. The lowest BCUT2D eigenvalue weighted by molar-refractivity contribution is -0.403. The molecule has 0 spiro atoms. The fourth-order valence-electron chi connectivity index (χ4n) is 2.05. The van der Waals surface area contributed by atoms with E-state index in [-0.39, 0.29) is 11.9 Å². The highest BCUT2D eigenvalue weighted by atomic mass is 16.2. The summed E-state index contributed by atoms with van der Waals surface area (Å²) in [4.78, 5) is 15.0. The van der Waals surface area contributed by atoms with Crippen molar-refractivity contribution in [2.24, 2.45) is 0 Å². The van der Waals surface area contributed by atoms with E-state index >= 15 is 0 Å². The number of para-hydroxylation sites is 1. The second-order valence-corrected chi connectivity index (χ2v) is 4.55. The van der Waals surface area contributed by atoms with Gasteiger partial charge in [0.25, 0.3) is 5.91 Å². The average molecular weight is 246 g/mol. The molecule has 1 heterocycles. The number of carbonyl (C=O) groups excluding carboxylic acids is 1. The lowest BCUT2D eigenvalue weighted by Crippen LogP contribution is -2.68. The van der Waals surface area contributed by atoms with Crippen LogP contribution in [0.4, 0.5) is 0 Å². The predicted octanol–water partition coefficient (Wildman–Crippen LogP) is 0.847. The zero-order chi connectivity index (χ0) is 13.0. The molecule has 4 nitrogen and oxygen atoms in total. The standard InChI is InChI=1S/C14H19N3O/c1-2-7-16-14(18)12(15)8-10-9-17-13-6-4-3-5-11(10)13/h3-6,9,12,17H,2,7-8,15H2,1H3,(H,16,18)/p+1/t12-/m1/s1. The third-order valence-electron chi connectivity index (χ3n) is 3.06. The Kier molecular flexibility index (Phi) is 3.99. The number of aromatic nitrogens is 1. The number of nitrogens with one attached hydrogen (secondary N) is 2. The van der Waals surface area contributed by atoms with E-state index in [2.05, 4.69) is 22.1 Å². The Bertz CT molecular complexity index is 533. The first kappa shape index (κ1) is 12.6. The third-order valence-corrected chi connectivity index (χ3v) is 3.06. The first-order valence-electron chi connectivity index (χ1n) is 6.38. The van der Waals surface area contributed by atoms with Crippen molar-refractivity contribution >= 4 is 16.8 Å². The maximum Gasteiger partial charge on any atom is 0.278 e. The molecule has 1 aromatic carbocycles. The average Bonchev–Trinajstić information content (AvgIpc) is 2.79. The minimum Gasteiger partial charge on any atom is -0.361 e. The van der Waals surface area contributed by atoms with Crippen molar-refractivity contribution < 1.29 is 10.5 Å². The quantitative estimate of drug-likeness (QED) is 0.719. The monoisotopic (exact) mass is 246 g/mol. The SMILES string of the molecule is CCCNC(=O)[C@H]([NH3+])Cc1c[nH]c2ccccc12. The first-order chi connectivity index (χ1) is 8.72. The normalized spacial score (nSPS) is 12.6. The summed E-state index contributed by atoms with van der Waals surface area (Å²) >= 11 is 0. The molecule has 0 aliphatic heterocycles. The van der Waals surface area contributed by atoms with Gasteiger partial charge in [0.2, 0.25) is 0 Å². The van der Waals surface area contributed by atoms with Crippen molar-refractivity contribution in [1.29, 1.82) is 0 Å². The van der Waals surface area contributed by atoms with E-state index in [0.717, 1.165) is 24.0 Å². The summed E-state index contributed by atoms with van der Waals surface area (Å²) in [5.41, 5.74) is 6.20. The molecule has 1 amide bonds. The molecular formula is C14H20N3O+. The van der Waals surface area contributed by atoms with Crippen LogP contribution < -0.4 is 11.1 Å². The van der Waals surface area contributed by atoms with E-state index in [9.17, 15) is 4.79 Å². The fourth-order valence-corrected chi connectivity index (χ4v) is 2.05. The van der Waals surface area contributed by atoms with Gasteiger partial charge in [-0.05, 0) is 18.1 Å². The number of fused-ring (bicyclic) bond motifs is 1. The molecule has 18 heavy (non-hydrogen) atoms. The van der Waals surface area contributed by atoms with Crippen LogP contribution in [0, 0.1) is 0 Å². The van der Waals surface area contributed by atoms with E-state index in [1.807, 2.05) is 31.3 Å². The Labute approximate surface area is 107 Å². The number of hydrogen-bond acceptors (Lipinski definition) is 1. The first-order valence-corrected chi connectivity index (χ1v) is 6.38. The Morgan fingerprint density at radius 2 is 2.22 bits per heavy atom. The molecule has 4 heteroatoms. The van der Waals surface area contributed by atoms with Crippen LogP contribution in [0.15, 0.2) is 30.5 Å². The molecule has 0 aliphatic rings. The summed E-state index contributed by atoms with van der Waals surface area (Å²) in [6.45, 7) is 2.76. The smallest absolute Gasteiger partial charge is 0.278 e. The number of hydrogen-bond donors (Lipinski definition) is 3. The van der Waals surface area contributed by atoms with E-state index < -0.39 is 0 Å². The lowest BCUT2D eigenvalue weighted by atomic mass is 10.1. The number of benzene rings is 1. The molecule has 0 radical (unpaired) electrons. The molecule has 0 saturated heterocycles. The van der Waals surface area contributed by atoms with E-state index in [0.29, 0.717) is 6.42 Å². The number of aromatic amines is 1. The number of quaternary nitrogens is 1. The molecule has 0 fully saturated rings. The largest absolute Gasteiger partial charge is 0.361 e. The van der Waals surface area contributed by atoms with Gasteiger partial charge in [-0.25, -0.2) is 0 Å². The molecule has 0 unspecified atom stereocenters. The summed E-state index contributed by atoms with van der Waals surface area (Å²) < 4.78 is 0. The minimum atomic E-state index is -0.240. The van der Waals surface area contributed by atoms with Crippen molar-refractivity contribution in [1.82, 2.24) is 10.3 Å². The summed E-state index contributed by atoms with van der Waals surface area (Å²) in [5, 5.41) is 4.06. The summed E-state index contributed by atoms with van der Waals surface area (Å²) in [7, 11) is 0. The van der Waals surface area contributed by atoms with Gasteiger partial charge < -0.3 is 16.0 Å². The van der Waals surface area contributed by atoms with Gasteiger partial charge in [-0.2, -0.15) is 0 Å². The maximum atomic E-state index is 11.8. The van der Waals surface area contributed by atoms with E-state index in [1.165, 1.54) is 5.39 Å². The van der Waals surface area contributed by atoms with Gasteiger partial charge in [0, 0.05) is 30.1 Å². The number of carbonyl (C=O) groups is 1. The topological polar surface area (TPSA) is 72.5 Å². The van der Waals surface area contributed by atoms with Gasteiger partial charge >= 0.3 is 0 Å². The van der Waals surface area contributed by atoms with Crippen LogP contribution in [-0.4, -0.2) is 23.5 Å². The van der Waals surface area contributed by atoms with Gasteiger partial charge in [-0.3, -0.25) is 4.79 Å². The lowest BCUT2D eigenvalue weighted by Gasteiger charge is -2.08. The molecule has 2 rings (SSSR count). The van der Waals surface area contributed by atoms with Gasteiger partial charge in [-0.1, -0.05) is 25.1 Å². The molecular weight excluding hydrogens is 226 g/mol. The van der Waals surface area contributed by atoms with Crippen molar-refractivity contribution in [2.45, 2.75) is 25.8 Å². The number of H-pyrrole nitrogens is 1. The van der Waals surface area contributed by atoms with Crippen LogP contribution in [0.5, 0.6) is 0 Å². The molecule has 0 bridgehead atoms. The van der Waals surface area contributed by atoms with Crippen LogP contribution >= 0.6 is 0 Å². The van der Waals surface area contributed by atoms with Gasteiger partial charge in [0.05, 0.1) is 0 Å². The summed E-state index contributed by atoms with van der Waals surface area (Å²) in [6.07, 6.45) is 3.58. The van der Waals surface area contributed by atoms with Crippen molar-refractivity contribution in [3.05, 3.63) is 36.0 Å². The summed E-state index contributed by atoms with van der Waals surface area (Å²) in [6, 6.07) is 7.87. The number of amides is 1. The van der Waals surface area contributed by atoms with Crippen LogP contribution in [-0.2, 0) is 11.2 Å². The minimum absolute atomic E-state index is 0.0298. The van der Waals surface area contributed by atoms with E-state index in [4.69, 9.17) is 0 Å². The fraction of sp³-hybridized carbons (Fsp3) is 0.357. The number of rotatable bonds is 5. The van der Waals surface area contributed by atoms with Crippen LogP contribution in [0.2, 0.25) is 0 Å². The van der Waals surface area contributed by atoms with E-state index in [1.54, 1.807) is 0 Å². The Hall–Kier alpha value is -1.81. The molecule has 5 N–H and O–H groups in total. The Morgan fingerprint density at radius 3 is 3.00 bits per heavy atom. The zero-order valence-electron chi connectivity index (χ0n) is 10.7. The van der Waals surface area contributed by atoms with Crippen LogP contribution in [0.25, 0.3) is 10.9 Å². The molecule has 0 saturated carbocycles. The molecule has 2 aromatic rings. The predicted molar refractivity (Wildman–Crippen MR) is 72.0 cm³/mol. The third kappa shape index (κ3) is 2.71. The Balaban J connectivity index is 2.07. The zero-order valence-corrected chi connectivity index (χ0v) is 10.7. The van der Waals surface area contributed by atoms with Gasteiger partial charge in [-0.15, -0.1) is 0 Å². The van der Waals surface area contributed by atoms with Crippen molar-refractivity contribution in [3.8, 4) is 0 Å². The molecule has 96 valence electrons. The van der Waals surface area contributed by atoms with Crippen molar-refractivity contribution in [2.75, 3.05) is 6.54 Å². The van der Waals surface area contributed by atoms with Crippen LogP contribution in [0.3, 0.4) is 0 Å². The summed E-state index contributed by atoms with van der Waals surface area (Å²) in [5.74, 6) is 0.0298. The van der Waals surface area contributed by atoms with Gasteiger partial charge in [0.1, 0.15) is 0 Å². The van der Waals surface area contributed by atoms with Crippen LogP contribution in [0.1, 0.15) is 18.9 Å².